The number of nitrogens with two attached hydrogens (primary N) is 5. The van der Waals surface area contributed by atoms with Crippen LogP contribution in [-0.2, 0) is 24.0 Å². The van der Waals surface area contributed by atoms with E-state index in [1.165, 1.54) is 34.6 Å². The van der Waals surface area contributed by atoms with Crippen molar-refractivity contribution >= 4 is 29.5 Å². The largest absolute Gasteiger partial charge is 0.370 e. The van der Waals surface area contributed by atoms with Gasteiger partial charge in [-0.15, -0.1) is 0 Å². The van der Waals surface area contributed by atoms with Gasteiger partial charge < -0.3 is 28.7 Å². The molecule has 0 aromatic heterocycles. The lowest BCUT2D eigenvalue weighted by Gasteiger charge is -1.60. The second-order valence-corrected chi connectivity index (χ2v) is 3.05. The summed E-state index contributed by atoms with van der Waals surface area (Å²) in [6.45, 7) is 6.53. The highest BCUT2D eigenvalue weighted by Crippen LogP contribution is 1.34. The van der Waals surface area contributed by atoms with E-state index in [1.807, 2.05) is 0 Å². The highest BCUT2D eigenvalue weighted by Gasteiger charge is 1.63. The van der Waals surface area contributed by atoms with Crippen molar-refractivity contribution in [3.05, 3.63) is 0 Å². The minimum Gasteiger partial charge on any atom is -0.370 e. The number of hydrogen-bond donors (Lipinski definition) is 5. The molecule has 0 atom stereocenters. The number of primary amides is 5. The molecule has 0 spiro atoms. The Hall–Kier alpha value is -2.65. The summed E-state index contributed by atoms with van der Waals surface area (Å²) in [6, 6.07) is 0. The lowest BCUT2D eigenvalue weighted by molar-refractivity contribution is -0.116. The summed E-state index contributed by atoms with van der Waals surface area (Å²) >= 11 is 0. The first-order valence-corrected chi connectivity index (χ1v) is 4.96. The summed E-state index contributed by atoms with van der Waals surface area (Å²) < 4.78 is 0. The lowest BCUT2D eigenvalue weighted by Crippen LogP contribution is -2.01. The van der Waals surface area contributed by atoms with Gasteiger partial charge in [0, 0.05) is 34.6 Å². The summed E-state index contributed by atoms with van der Waals surface area (Å²) in [6.07, 6.45) is 0. The monoisotopic (exact) mass is 295 g/mol. The molecule has 0 aliphatic carbocycles. The maximum atomic E-state index is 9.22. The molecule has 0 saturated carbocycles. The molecule has 120 valence electrons. The van der Waals surface area contributed by atoms with Crippen LogP contribution in [0.2, 0.25) is 0 Å². The zero-order valence-electron chi connectivity index (χ0n) is 12.4. The van der Waals surface area contributed by atoms with Crippen LogP contribution in [0.1, 0.15) is 34.6 Å². The molecule has 0 radical (unpaired) electrons. The quantitative estimate of drug-likeness (QED) is 0.325. The van der Waals surface area contributed by atoms with Crippen LogP contribution in [0.5, 0.6) is 0 Å². The molecule has 0 fully saturated rings. The van der Waals surface area contributed by atoms with Crippen LogP contribution in [0.15, 0.2) is 0 Å². The van der Waals surface area contributed by atoms with E-state index < -0.39 is 0 Å². The molecule has 5 amide bonds. The molecule has 0 aliphatic heterocycles. The van der Waals surface area contributed by atoms with E-state index >= 15 is 0 Å². The van der Waals surface area contributed by atoms with Gasteiger partial charge in [-0.05, 0) is 0 Å². The maximum absolute atomic E-state index is 9.22. The number of hydrogen-bond acceptors (Lipinski definition) is 5. The molecule has 10 N–H and O–H groups in total. The second-order valence-electron chi connectivity index (χ2n) is 3.05. The average molecular weight is 295 g/mol. The Balaban J connectivity index is -0.0000000469. The molecule has 0 saturated heterocycles. The first kappa shape index (κ1) is 30.4. The van der Waals surface area contributed by atoms with E-state index in [9.17, 15) is 24.0 Å². The number of amides is 5. The van der Waals surface area contributed by atoms with E-state index in [0.29, 0.717) is 0 Å². The summed E-state index contributed by atoms with van der Waals surface area (Å²) in [4.78, 5) is 46.1. The van der Waals surface area contributed by atoms with Gasteiger partial charge in [-0.25, -0.2) is 0 Å². The molecule has 0 bridgehead atoms. The number of carbonyl (C=O) groups is 5. The van der Waals surface area contributed by atoms with Gasteiger partial charge in [0.15, 0.2) is 0 Å². The second kappa shape index (κ2) is 25.3. The van der Waals surface area contributed by atoms with Gasteiger partial charge in [0.05, 0.1) is 0 Å². The van der Waals surface area contributed by atoms with E-state index in [0.717, 1.165) is 0 Å². The van der Waals surface area contributed by atoms with Gasteiger partial charge in [0.25, 0.3) is 0 Å². The fraction of sp³-hybridized carbons (Fsp3) is 0.500. The Morgan fingerprint density at radius 2 is 0.400 bits per heavy atom. The van der Waals surface area contributed by atoms with Crippen molar-refractivity contribution in [2.75, 3.05) is 0 Å². The van der Waals surface area contributed by atoms with E-state index in [1.54, 1.807) is 0 Å². The summed E-state index contributed by atoms with van der Waals surface area (Å²) in [5, 5.41) is 0. The van der Waals surface area contributed by atoms with Crippen molar-refractivity contribution in [3.8, 4) is 0 Å². The third-order valence-corrected chi connectivity index (χ3v) is 0. The van der Waals surface area contributed by atoms with Gasteiger partial charge in [-0.1, -0.05) is 0 Å². The van der Waals surface area contributed by atoms with Crippen molar-refractivity contribution in [3.63, 3.8) is 0 Å². The van der Waals surface area contributed by atoms with Gasteiger partial charge in [0.1, 0.15) is 0 Å². The molecular weight excluding hydrogens is 270 g/mol. The zero-order chi connectivity index (χ0) is 17.9. The molecule has 0 aliphatic rings. The van der Waals surface area contributed by atoms with Gasteiger partial charge >= 0.3 is 0 Å². The van der Waals surface area contributed by atoms with Crippen molar-refractivity contribution in [1.29, 1.82) is 0 Å². The topological polar surface area (TPSA) is 215 Å². The van der Waals surface area contributed by atoms with Crippen LogP contribution in [0.4, 0.5) is 0 Å². The smallest absolute Gasteiger partial charge is 0.214 e. The highest BCUT2D eigenvalue weighted by molar-refractivity contribution is 5.71. The fourth-order valence-corrected chi connectivity index (χ4v) is 0. The Labute approximate surface area is 118 Å². The van der Waals surface area contributed by atoms with Gasteiger partial charge in [0.2, 0.25) is 29.5 Å². The third kappa shape index (κ3) is 450. The molecule has 0 rings (SSSR count). The average Bonchev–Trinajstić information content (AvgIpc) is 1.94. The van der Waals surface area contributed by atoms with E-state index in [4.69, 9.17) is 0 Å². The Kier molecular flexibility index (Phi) is 38.4. The standard InChI is InChI=1S/5C2H5NO/c5*1-2(3)4/h5*1H3,(H2,3,4). The van der Waals surface area contributed by atoms with Crippen molar-refractivity contribution in [1.82, 2.24) is 0 Å². The minimum absolute atomic E-state index is 0.333. The van der Waals surface area contributed by atoms with Crippen LogP contribution >= 0.6 is 0 Å². The molecule has 0 aromatic carbocycles. The zero-order valence-corrected chi connectivity index (χ0v) is 12.4. The molecule has 10 heteroatoms. The Bertz CT molecular complexity index is 215. The predicted molar refractivity (Wildman–Crippen MR) is 74.3 cm³/mol. The normalized spacial score (nSPS) is 6.25. The first-order valence-electron chi connectivity index (χ1n) is 4.96. The summed E-state index contributed by atoms with van der Waals surface area (Å²) in [5.41, 5.74) is 22.4. The van der Waals surface area contributed by atoms with Crippen molar-refractivity contribution in [2.24, 2.45) is 28.7 Å². The fourth-order valence-electron chi connectivity index (χ4n) is 0. The van der Waals surface area contributed by atoms with E-state index in [2.05, 4.69) is 28.7 Å². The Morgan fingerprint density at radius 1 is 0.400 bits per heavy atom. The minimum atomic E-state index is -0.333. The molecule has 0 aromatic rings. The van der Waals surface area contributed by atoms with Crippen molar-refractivity contribution < 1.29 is 24.0 Å². The molecular formula is C10H25N5O5. The van der Waals surface area contributed by atoms with Crippen LogP contribution in [0.3, 0.4) is 0 Å². The van der Waals surface area contributed by atoms with Crippen LogP contribution < -0.4 is 28.7 Å². The first-order chi connectivity index (χ1) is 8.66. The summed E-state index contributed by atoms with van der Waals surface area (Å²) in [5.74, 6) is -1.67. The molecule has 0 unspecified atom stereocenters. The molecule has 0 heterocycles. The Morgan fingerprint density at radius 3 is 0.400 bits per heavy atom. The number of carbonyl (C=O) groups excluding carboxylic acids is 5. The molecule has 20 heavy (non-hydrogen) atoms. The van der Waals surface area contributed by atoms with Crippen molar-refractivity contribution in [2.45, 2.75) is 34.6 Å². The highest BCUT2D eigenvalue weighted by atomic mass is 16.2. The van der Waals surface area contributed by atoms with Crippen LogP contribution in [0.25, 0.3) is 0 Å². The molecule has 10 nitrogen and oxygen atoms in total. The SMILES string of the molecule is CC(N)=O.CC(N)=O.CC(N)=O.CC(N)=O.CC(N)=O. The van der Waals surface area contributed by atoms with Crippen LogP contribution in [0, 0.1) is 0 Å². The maximum Gasteiger partial charge on any atom is 0.214 e. The predicted octanol–water partition coefficient (Wildman–Crippen LogP) is -2.54. The van der Waals surface area contributed by atoms with E-state index in [-0.39, 0.29) is 29.5 Å². The lowest BCUT2D eigenvalue weighted by atomic mass is 10.8. The number of rotatable bonds is 0. The van der Waals surface area contributed by atoms with Gasteiger partial charge in [-0.2, -0.15) is 0 Å². The summed E-state index contributed by atoms with van der Waals surface area (Å²) in [7, 11) is 0. The van der Waals surface area contributed by atoms with Crippen LogP contribution in [-0.4, -0.2) is 29.5 Å². The third-order valence-electron chi connectivity index (χ3n) is 0. The van der Waals surface area contributed by atoms with Gasteiger partial charge in [-0.3, -0.25) is 24.0 Å².